The maximum absolute atomic E-state index is 16.6. The summed E-state index contributed by atoms with van der Waals surface area (Å²) >= 11 is 13.8. The molecule has 0 radical (unpaired) electrons. The number of halogens is 4. The van der Waals surface area contributed by atoms with Gasteiger partial charge in [0.05, 0.1) is 115 Å². The van der Waals surface area contributed by atoms with Crippen molar-refractivity contribution in [1.29, 1.82) is 0 Å². The van der Waals surface area contributed by atoms with Gasteiger partial charge in [0.15, 0.2) is 23.1 Å². The largest absolute Gasteiger partial charge is 0.495 e. The third-order valence-corrected chi connectivity index (χ3v) is 13.8. The molecule has 2 saturated heterocycles. The van der Waals surface area contributed by atoms with E-state index in [2.05, 4.69) is 54.7 Å². The second-order valence-corrected chi connectivity index (χ2v) is 18.8. The van der Waals surface area contributed by atoms with E-state index in [1.54, 1.807) is 24.5 Å². The molecule has 402 valence electrons. The van der Waals surface area contributed by atoms with E-state index < -0.39 is 17.2 Å². The third-order valence-electron chi connectivity index (χ3n) is 13.1. The van der Waals surface area contributed by atoms with Crippen LogP contribution in [0.4, 0.5) is 20.7 Å². The van der Waals surface area contributed by atoms with Gasteiger partial charge in [0.25, 0.3) is 0 Å². The van der Waals surface area contributed by atoms with Crippen molar-refractivity contribution in [2.24, 2.45) is 0 Å². The van der Waals surface area contributed by atoms with Crippen LogP contribution in [0.3, 0.4) is 0 Å². The molecule has 2 amide bonds. The molecule has 0 bridgehead atoms. The summed E-state index contributed by atoms with van der Waals surface area (Å²) in [5.74, 6) is -1.69. The van der Waals surface area contributed by atoms with Crippen molar-refractivity contribution in [3.8, 4) is 45.5 Å². The summed E-state index contributed by atoms with van der Waals surface area (Å²) in [5, 5.41) is 17.6. The molecule has 2 aromatic carbocycles. The van der Waals surface area contributed by atoms with Gasteiger partial charge < -0.3 is 55.0 Å². The van der Waals surface area contributed by atoms with E-state index in [-0.39, 0.29) is 81.8 Å². The lowest BCUT2D eigenvalue weighted by Crippen LogP contribution is -2.52. The van der Waals surface area contributed by atoms with Crippen LogP contribution in [0.5, 0.6) is 23.0 Å². The fourth-order valence-electron chi connectivity index (χ4n) is 9.01. The molecule has 76 heavy (non-hydrogen) atoms. The van der Waals surface area contributed by atoms with E-state index in [9.17, 15) is 9.59 Å². The summed E-state index contributed by atoms with van der Waals surface area (Å²) < 4.78 is 66.6. The van der Waals surface area contributed by atoms with Crippen LogP contribution in [0.25, 0.3) is 44.3 Å². The number of methoxy groups -OCH3 is 3. The van der Waals surface area contributed by atoms with Crippen LogP contribution >= 0.6 is 23.2 Å². The van der Waals surface area contributed by atoms with Crippen molar-refractivity contribution in [3.63, 3.8) is 0 Å². The highest BCUT2D eigenvalue weighted by atomic mass is 35.5. The zero-order chi connectivity index (χ0) is 54.0. The number of nitrogens with zero attached hydrogens (tertiary/aromatic N) is 6. The predicted molar refractivity (Wildman–Crippen MR) is 286 cm³/mol. The molecule has 4 aromatic heterocycles. The van der Waals surface area contributed by atoms with Gasteiger partial charge in [-0.3, -0.25) is 19.6 Å². The number of hydrogen-bond donors (Lipinski definition) is 5. The quantitative estimate of drug-likeness (QED) is 0.0412. The Morgan fingerprint density at radius 3 is 1.75 bits per heavy atom. The maximum Gasteiger partial charge on any atom is 0.243 e. The molecule has 1 unspecified atom stereocenters. The number of fused-ring (bicyclic) bond motifs is 2. The minimum absolute atomic E-state index is 0.00740. The minimum Gasteiger partial charge on any atom is -0.495 e. The van der Waals surface area contributed by atoms with Crippen LogP contribution in [-0.4, -0.2) is 133 Å². The lowest BCUT2D eigenvalue weighted by Gasteiger charge is -2.32. The Balaban J connectivity index is 0.989. The van der Waals surface area contributed by atoms with Gasteiger partial charge >= 0.3 is 0 Å². The number of benzene rings is 2. The van der Waals surface area contributed by atoms with Crippen molar-refractivity contribution in [2.75, 3.05) is 71.5 Å². The Morgan fingerprint density at radius 1 is 0.724 bits per heavy atom. The highest BCUT2D eigenvalue weighted by molar-refractivity contribution is 6.41. The highest BCUT2D eigenvalue weighted by Gasteiger charge is 2.30. The van der Waals surface area contributed by atoms with Crippen molar-refractivity contribution >= 4 is 68.7 Å². The van der Waals surface area contributed by atoms with Crippen LogP contribution in [0, 0.1) is 11.6 Å². The van der Waals surface area contributed by atoms with E-state index in [1.807, 2.05) is 13.8 Å². The third kappa shape index (κ3) is 12.5. The molecule has 6 heterocycles. The number of carbonyl (C=O) groups is 2. The predicted octanol–water partition coefficient (Wildman–Crippen LogP) is 7.60. The zero-order valence-corrected chi connectivity index (χ0v) is 44.2. The topological polar surface area (TPSA) is 227 Å². The maximum atomic E-state index is 16.6. The van der Waals surface area contributed by atoms with Crippen LogP contribution in [0.2, 0.25) is 10.0 Å². The normalized spacial score (nSPS) is 17.9. The van der Waals surface area contributed by atoms with Crippen molar-refractivity contribution in [2.45, 2.75) is 76.2 Å². The Morgan fingerprint density at radius 2 is 1.22 bits per heavy atom. The van der Waals surface area contributed by atoms with E-state index >= 15 is 8.78 Å². The molecular weight excluding hydrogens is 1030 g/mol. The highest BCUT2D eigenvalue weighted by Crippen LogP contribution is 2.46. The average Bonchev–Trinajstić information content (AvgIpc) is 3.43. The number of aryl methyl sites for hydroxylation is 1. The summed E-state index contributed by atoms with van der Waals surface area (Å²) in [7, 11) is 4.27. The van der Waals surface area contributed by atoms with Crippen LogP contribution in [0.1, 0.15) is 44.5 Å². The number of nitrogens with one attached hydrogen (secondary N) is 5. The van der Waals surface area contributed by atoms with Crippen molar-refractivity contribution in [1.82, 2.24) is 45.9 Å². The van der Waals surface area contributed by atoms with E-state index in [1.165, 1.54) is 45.6 Å². The molecular formula is C53H59Cl2F2N11O8. The van der Waals surface area contributed by atoms with E-state index in [0.717, 1.165) is 0 Å². The van der Waals surface area contributed by atoms with E-state index in [0.29, 0.717) is 127 Å². The van der Waals surface area contributed by atoms with Crippen molar-refractivity contribution < 1.29 is 46.8 Å². The van der Waals surface area contributed by atoms with Gasteiger partial charge in [-0.05, 0) is 56.9 Å². The van der Waals surface area contributed by atoms with Gasteiger partial charge in [-0.15, -0.1) is 0 Å². The number of anilines is 2. The SMILES string of the molecule is C=CC(=O)N[C@H]1CCOC[C@H]1Nc1ncc2cc(-c3c(F)c(OC)cc(OCCC(C)NCCc4nc(-c5c(Cl)c(OC)cc(OC)c5Cl)cc5cnc(N[C@@H]6COCC[C@@H]6NC(=O)C=C)nc45)c3F)nc(CC)c2n1. The number of rotatable bonds is 22. The van der Waals surface area contributed by atoms with Gasteiger partial charge in [0.2, 0.25) is 23.7 Å². The fraction of sp³-hybridized carbons (Fsp3) is 0.396. The van der Waals surface area contributed by atoms with Gasteiger partial charge in [0.1, 0.15) is 11.5 Å². The molecule has 0 spiro atoms. The summed E-state index contributed by atoms with van der Waals surface area (Å²) in [5.41, 5.74) is 2.52. The summed E-state index contributed by atoms with van der Waals surface area (Å²) in [4.78, 5) is 52.8. The zero-order valence-electron chi connectivity index (χ0n) is 42.7. The standard InChI is InChI=1S/C53H59Cl2F2N11O8/c1-8-30-50-28(23-59-52(67-50)65-36-25-74-16-13-31(36)63-42(69)9-2)20-35(61-30)45-48(56)40(73-7)22-41(49(45)57)76-18-12-27(4)58-15-11-33-51-29(19-34(62-33)44-46(54)38(71-5)21-39(72-6)47(44)55)24-60-53(68-51)66-37-26-75-17-14-32(37)64-43(70)10-3/h9-10,19-24,27,31-32,36-37,58H,2-3,8,11-18,25-26H2,1,4-7H3,(H,63,69)(H,64,70)(H,59,65,67)(H,60,66,68)/t27?,31-,32-,36+,37+/m0/s1. The van der Waals surface area contributed by atoms with Crippen LogP contribution in [-0.2, 0) is 31.9 Å². The average molecular weight is 1090 g/mol. The van der Waals surface area contributed by atoms with Crippen LogP contribution in [0.15, 0.2) is 62.0 Å². The Bertz CT molecular complexity index is 3110. The molecule has 0 aliphatic carbocycles. The van der Waals surface area contributed by atoms with Gasteiger partial charge in [-0.2, -0.15) is 0 Å². The number of carbonyl (C=O) groups excluding carboxylic acids is 2. The molecule has 23 heteroatoms. The van der Waals surface area contributed by atoms with E-state index in [4.69, 9.17) is 66.6 Å². The van der Waals surface area contributed by atoms with Crippen LogP contribution < -0.4 is 45.5 Å². The van der Waals surface area contributed by atoms with Crippen molar-refractivity contribution in [3.05, 3.63) is 95.0 Å². The van der Waals surface area contributed by atoms with Gasteiger partial charge in [-0.1, -0.05) is 43.3 Å². The molecule has 2 aliphatic heterocycles. The summed E-state index contributed by atoms with van der Waals surface area (Å²) in [6, 6.07) is 4.76. The lowest BCUT2D eigenvalue weighted by atomic mass is 10.0. The second kappa shape index (κ2) is 25.2. The summed E-state index contributed by atoms with van der Waals surface area (Å²) in [6.45, 7) is 13.0. The monoisotopic (exact) mass is 1090 g/mol. The molecule has 2 fully saturated rings. The molecule has 5 atom stereocenters. The minimum atomic E-state index is -0.951. The number of ether oxygens (including phenoxy) is 6. The molecule has 2 aliphatic rings. The number of hydrogen-bond acceptors (Lipinski definition) is 17. The molecule has 5 N–H and O–H groups in total. The number of amides is 2. The molecule has 0 saturated carbocycles. The molecule has 8 rings (SSSR count). The van der Waals surface area contributed by atoms with Gasteiger partial charge in [-0.25, -0.2) is 28.7 Å². The Hall–Kier alpha value is -7.04. The first-order valence-electron chi connectivity index (χ1n) is 24.7. The number of pyridine rings is 2. The first-order chi connectivity index (χ1) is 36.8. The lowest BCUT2D eigenvalue weighted by molar-refractivity contribution is -0.118. The second-order valence-electron chi connectivity index (χ2n) is 18.0. The first kappa shape index (κ1) is 55.2. The summed E-state index contributed by atoms with van der Waals surface area (Å²) in [6.07, 6.45) is 7.98. The Kier molecular flexibility index (Phi) is 18.3. The number of aromatic nitrogens is 6. The van der Waals surface area contributed by atoms with Gasteiger partial charge in [0, 0.05) is 73.1 Å². The fourth-order valence-corrected chi connectivity index (χ4v) is 9.71. The smallest absolute Gasteiger partial charge is 0.243 e. The molecule has 6 aromatic rings. The molecule has 19 nitrogen and oxygen atoms in total. The Labute approximate surface area is 447 Å². The first-order valence-corrected chi connectivity index (χ1v) is 25.4.